The third-order valence-corrected chi connectivity index (χ3v) is 3.51. The molecule has 21 heavy (non-hydrogen) atoms. The summed E-state index contributed by atoms with van der Waals surface area (Å²) in [7, 11) is 0. The SMILES string of the molecule is NNC(=O)c1cccc(OCC(=O)NCc2cccs2)c1. The first-order valence-electron chi connectivity index (χ1n) is 6.22. The van der Waals surface area contributed by atoms with Crippen molar-refractivity contribution in [1.82, 2.24) is 10.7 Å². The Balaban J connectivity index is 1.82. The van der Waals surface area contributed by atoms with Gasteiger partial charge in [0, 0.05) is 10.4 Å². The molecule has 0 saturated heterocycles. The molecule has 2 amide bonds. The molecular weight excluding hydrogens is 290 g/mol. The predicted molar refractivity (Wildman–Crippen MR) is 79.8 cm³/mol. The van der Waals surface area contributed by atoms with E-state index in [1.807, 2.05) is 22.9 Å². The third kappa shape index (κ3) is 4.59. The predicted octanol–water partition coefficient (Wildman–Crippen LogP) is 1.05. The maximum absolute atomic E-state index is 11.7. The van der Waals surface area contributed by atoms with E-state index in [0.29, 0.717) is 17.9 Å². The first-order chi connectivity index (χ1) is 10.2. The Bertz CT molecular complexity index is 614. The maximum atomic E-state index is 11.7. The highest BCUT2D eigenvalue weighted by molar-refractivity contribution is 7.09. The Morgan fingerprint density at radius 3 is 2.81 bits per heavy atom. The lowest BCUT2D eigenvalue weighted by Gasteiger charge is -2.08. The smallest absolute Gasteiger partial charge is 0.265 e. The quantitative estimate of drug-likeness (QED) is 0.422. The van der Waals surface area contributed by atoms with Gasteiger partial charge in [0.15, 0.2) is 6.61 Å². The van der Waals surface area contributed by atoms with Crippen LogP contribution in [0.3, 0.4) is 0 Å². The van der Waals surface area contributed by atoms with Gasteiger partial charge in [0.2, 0.25) is 0 Å². The molecule has 6 nitrogen and oxygen atoms in total. The summed E-state index contributed by atoms with van der Waals surface area (Å²) in [4.78, 5) is 24.1. The van der Waals surface area contributed by atoms with Gasteiger partial charge >= 0.3 is 0 Å². The van der Waals surface area contributed by atoms with E-state index in [2.05, 4.69) is 5.32 Å². The van der Waals surface area contributed by atoms with Gasteiger partial charge in [0.1, 0.15) is 5.75 Å². The fourth-order valence-electron chi connectivity index (χ4n) is 1.61. The summed E-state index contributed by atoms with van der Waals surface area (Å²) in [6.07, 6.45) is 0. The molecule has 2 rings (SSSR count). The summed E-state index contributed by atoms with van der Waals surface area (Å²) in [5, 5.41) is 4.70. The van der Waals surface area contributed by atoms with Gasteiger partial charge in [-0.1, -0.05) is 12.1 Å². The summed E-state index contributed by atoms with van der Waals surface area (Å²) in [6.45, 7) is 0.370. The summed E-state index contributed by atoms with van der Waals surface area (Å²) >= 11 is 1.58. The fraction of sp³-hybridized carbons (Fsp3) is 0.143. The molecule has 1 heterocycles. The lowest BCUT2D eigenvalue weighted by molar-refractivity contribution is -0.123. The van der Waals surface area contributed by atoms with Crippen LogP contribution in [-0.2, 0) is 11.3 Å². The summed E-state index contributed by atoms with van der Waals surface area (Å²) in [5.74, 6) is 4.85. The molecule has 110 valence electrons. The first-order valence-corrected chi connectivity index (χ1v) is 7.10. The van der Waals surface area contributed by atoms with Crippen molar-refractivity contribution in [3.63, 3.8) is 0 Å². The number of hydrogen-bond acceptors (Lipinski definition) is 5. The number of carbonyl (C=O) groups excluding carboxylic acids is 2. The van der Waals surface area contributed by atoms with Crippen LogP contribution in [0.15, 0.2) is 41.8 Å². The Kier molecular flexibility index (Phi) is 5.30. The number of thiophene rings is 1. The van der Waals surface area contributed by atoms with Crippen molar-refractivity contribution >= 4 is 23.2 Å². The molecule has 1 aromatic heterocycles. The molecule has 0 aliphatic heterocycles. The fourth-order valence-corrected chi connectivity index (χ4v) is 2.25. The van der Waals surface area contributed by atoms with Crippen molar-refractivity contribution in [2.75, 3.05) is 6.61 Å². The number of hydrazine groups is 1. The molecular formula is C14H15N3O3S. The molecule has 0 radical (unpaired) electrons. The van der Waals surface area contributed by atoms with Gasteiger partial charge in [0.25, 0.3) is 11.8 Å². The minimum Gasteiger partial charge on any atom is -0.484 e. The number of benzene rings is 1. The van der Waals surface area contributed by atoms with Gasteiger partial charge in [-0.25, -0.2) is 5.84 Å². The van der Waals surface area contributed by atoms with E-state index in [1.165, 1.54) is 6.07 Å². The summed E-state index contributed by atoms with van der Waals surface area (Å²) < 4.78 is 5.34. The van der Waals surface area contributed by atoms with Crippen LogP contribution in [0.4, 0.5) is 0 Å². The number of hydrogen-bond donors (Lipinski definition) is 3. The standard InChI is InChI=1S/C14H15N3O3S/c15-17-14(19)10-3-1-4-11(7-10)20-9-13(18)16-8-12-5-2-6-21-12/h1-7H,8-9,15H2,(H,16,18)(H,17,19). The molecule has 0 aliphatic carbocycles. The number of nitrogen functional groups attached to an aromatic ring is 1. The molecule has 0 saturated carbocycles. The van der Waals surface area contributed by atoms with E-state index < -0.39 is 5.91 Å². The molecule has 0 unspecified atom stereocenters. The van der Waals surface area contributed by atoms with E-state index in [4.69, 9.17) is 10.6 Å². The molecule has 0 atom stereocenters. The highest BCUT2D eigenvalue weighted by Gasteiger charge is 2.07. The Labute approximate surface area is 125 Å². The molecule has 0 aliphatic rings. The molecule has 1 aromatic carbocycles. The van der Waals surface area contributed by atoms with Crippen molar-refractivity contribution < 1.29 is 14.3 Å². The number of ether oxygens (including phenoxy) is 1. The van der Waals surface area contributed by atoms with Crippen LogP contribution in [0.25, 0.3) is 0 Å². The summed E-state index contributed by atoms with van der Waals surface area (Å²) in [6, 6.07) is 10.3. The van der Waals surface area contributed by atoms with Crippen LogP contribution in [-0.4, -0.2) is 18.4 Å². The van der Waals surface area contributed by atoms with Crippen molar-refractivity contribution in [2.45, 2.75) is 6.54 Å². The first kappa shape index (κ1) is 15.0. The summed E-state index contributed by atoms with van der Waals surface area (Å²) in [5.41, 5.74) is 2.41. The van der Waals surface area contributed by atoms with Crippen molar-refractivity contribution in [3.8, 4) is 5.75 Å². The highest BCUT2D eigenvalue weighted by Crippen LogP contribution is 2.13. The van der Waals surface area contributed by atoms with Crippen molar-refractivity contribution in [3.05, 3.63) is 52.2 Å². The van der Waals surface area contributed by atoms with Gasteiger partial charge in [-0.3, -0.25) is 15.0 Å². The van der Waals surface area contributed by atoms with Crippen molar-refractivity contribution in [2.24, 2.45) is 5.84 Å². The maximum Gasteiger partial charge on any atom is 0.265 e. The van der Waals surface area contributed by atoms with Gasteiger partial charge in [-0.15, -0.1) is 11.3 Å². The second kappa shape index (κ2) is 7.41. The van der Waals surface area contributed by atoms with E-state index in [1.54, 1.807) is 29.5 Å². The monoisotopic (exact) mass is 305 g/mol. The van der Waals surface area contributed by atoms with Crippen molar-refractivity contribution in [1.29, 1.82) is 0 Å². The second-order valence-corrected chi connectivity index (χ2v) is 5.18. The van der Waals surface area contributed by atoms with E-state index in [9.17, 15) is 9.59 Å². The van der Waals surface area contributed by atoms with Crippen LogP contribution in [0.5, 0.6) is 5.75 Å². The normalized spacial score (nSPS) is 9.95. The van der Waals surface area contributed by atoms with Crippen LogP contribution in [0, 0.1) is 0 Å². The van der Waals surface area contributed by atoms with Gasteiger partial charge in [-0.2, -0.15) is 0 Å². The largest absolute Gasteiger partial charge is 0.484 e. The minimum absolute atomic E-state index is 0.112. The van der Waals surface area contributed by atoms with Crippen LogP contribution in [0.1, 0.15) is 15.2 Å². The molecule has 7 heteroatoms. The number of carbonyl (C=O) groups is 2. The average molecular weight is 305 g/mol. The molecule has 4 N–H and O–H groups in total. The van der Waals surface area contributed by atoms with Crippen LogP contribution in [0.2, 0.25) is 0 Å². The Morgan fingerprint density at radius 2 is 2.10 bits per heavy atom. The lowest BCUT2D eigenvalue weighted by Crippen LogP contribution is -2.30. The Morgan fingerprint density at radius 1 is 1.24 bits per heavy atom. The van der Waals surface area contributed by atoms with E-state index in [0.717, 1.165) is 4.88 Å². The number of nitrogens with two attached hydrogens (primary N) is 1. The number of rotatable bonds is 6. The third-order valence-electron chi connectivity index (χ3n) is 2.64. The number of nitrogens with one attached hydrogen (secondary N) is 2. The average Bonchev–Trinajstić information content (AvgIpc) is 3.04. The second-order valence-electron chi connectivity index (χ2n) is 4.15. The van der Waals surface area contributed by atoms with Gasteiger partial charge < -0.3 is 10.1 Å². The lowest BCUT2D eigenvalue weighted by atomic mass is 10.2. The molecule has 0 spiro atoms. The minimum atomic E-state index is -0.414. The van der Waals surface area contributed by atoms with Gasteiger partial charge in [-0.05, 0) is 29.6 Å². The highest BCUT2D eigenvalue weighted by atomic mass is 32.1. The molecule has 2 aromatic rings. The number of amides is 2. The van der Waals surface area contributed by atoms with Crippen LogP contribution >= 0.6 is 11.3 Å². The van der Waals surface area contributed by atoms with Crippen LogP contribution < -0.4 is 21.3 Å². The van der Waals surface area contributed by atoms with E-state index in [-0.39, 0.29) is 12.5 Å². The zero-order valence-corrected chi connectivity index (χ0v) is 12.0. The Hall–Kier alpha value is -2.38. The zero-order chi connectivity index (χ0) is 15.1. The molecule has 0 bridgehead atoms. The van der Waals surface area contributed by atoms with Gasteiger partial charge in [0.05, 0.1) is 6.54 Å². The van der Waals surface area contributed by atoms with E-state index >= 15 is 0 Å². The topological polar surface area (TPSA) is 93.4 Å². The zero-order valence-electron chi connectivity index (χ0n) is 11.2. The molecule has 0 fully saturated rings.